The molecule has 2 aliphatic heterocycles. The van der Waals surface area contributed by atoms with Gasteiger partial charge in [0.2, 0.25) is 0 Å². The molecule has 1 saturated heterocycles. The maximum Gasteiger partial charge on any atom is 0.307 e. The van der Waals surface area contributed by atoms with Crippen LogP contribution in [0.2, 0.25) is 10.0 Å². The Balaban J connectivity index is 1.59. The summed E-state index contributed by atoms with van der Waals surface area (Å²) in [5.41, 5.74) is 0.755. The normalized spacial score (nSPS) is 19.6. The molecule has 1 amide bonds. The van der Waals surface area contributed by atoms with Crippen LogP contribution in [0.1, 0.15) is 40.7 Å². The summed E-state index contributed by atoms with van der Waals surface area (Å²) in [4.78, 5) is 14.6. The molecule has 4 nitrogen and oxygen atoms in total. The van der Waals surface area contributed by atoms with E-state index in [2.05, 4.69) is 0 Å². The van der Waals surface area contributed by atoms with E-state index in [9.17, 15) is 9.18 Å². The van der Waals surface area contributed by atoms with Crippen LogP contribution in [0.3, 0.4) is 0 Å². The summed E-state index contributed by atoms with van der Waals surface area (Å²) in [6.07, 6.45) is 2.83. The highest BCUT2D eigenvalue weighted by Gasteiger charge is 2.47. The summed E-state index contributed by atoms with van der Waals surface area (Å²) < 4.78 is 41.1. The number of hydrogen-bond donors (Lipinski definition) is 0. The van der Waals surface area contributed by atoms with E-state index in [1.807, 2.05) is 0 Å². The number of ether oxygens (including phenoxy) is 2. The van der Waals surface area contributed by atoms with Crippen molar-refractivity contribution in [3.05, 3.63) is 93.0 Å². The highest BCUT2D eigenvalue weighted by atomic mass is 35.5. The molecule has 170 valence electrons. The number of rotatable bonds is 3. The van der Waals surface area contributed by atoms with Gasteiger partial charge in [0, 0.05) is 29.7 Å². The van der Waals surface area contributed by atoms with Crippen molar-refractivity contribution >= 4 is 29.1 Å². The molecule has 0 radical (unpaired) electrons. The van der Waals surface area contributed by atoms with Crippen LogP contribution < -0.4 is 9.47 Å². The van der Waals surface area contributed by atoms with Crippen LogP contribution in [0.15, 0.2) is 54.6 Å². The monoisotopic (exact) mass is 489 g/mol. The summed E-state index contributed by atoms with van der Waals surface area (Å²) in [5, 5.41) is 0.665. The SMILES string of the molecule is O=C(c1cc2c(cc1F)OC(c1ccc(F)cc1)(c1ccc(Cl)cc1Cl)O2)N1CCCCC1. The first-order valence-electron chi connectivity index (χ1n) is 10.6. The number of halogens is 4. The van der Waals surface area contributed by atoms with Crippen molar-refractivity contribution in [2.24, 2.45) is 0 Å². The van der Waals surface area contributed by atoms with E-state index in [1.54, 1.807) is 17.0 Å². The second-order valence-electron chi connectivity index (χ2n) is 8.08. The summed E-state index contributed by atoms with van der Waals surface area (Å²) in [6, 6.07) is 12.8. The van der Waals surface area contributed by atoms with Crippen molar-refractivity contribution < 1.29 is 23.0 Å². The Kier molecular flexibility index (Phi) is 5.67. The van der Waals surface area contributed by atoms with Crippen LogP contribution in [-0.2, 0) is 5.79 Å². The molecule has 2 aliphatic rings. The van der Waals surface area contributed by atoms with E-state index in [0.717, 1.165) is 25.3 Å². The van der Waals surface area contributed by atoms with Gasteiger partial charge in [-0.2, -0.15) is 0 Å². The predicted octanol–water partition coefficient (Wildman–Crippen LogP) is 6.57. The maximum atomic E-state index is 15.0. The van der Waals surface area contributed by atoms with Crippen LogP contribution >= 0.6 is 23.2 Å². The molecule has 8 heteroatoms. The number of likely N-dealkylation sites (tertiary alicyclic amines) is 1. The Labute approximate surface area is 199 Å². The van der Waals surface area contributed by atoms with Crippen molar-refractivity contribution in [2.45, 2.75) is 25.0 Å². The fourth-order valence-electron chi connectivity index (χ4n) is 4.27. The quantitative estimate of drug-likeness (QED) is 0.417. The number of piperidine rings is 1. The van der Waals surface area contributed by atoms with E-state index < -0.39 is 17.4 Å². The highest BCUT2D eigenvalue weighted by molar-refractivity contribution is 6.35. The lowest BCUT2D eigenvalue weighted by Crippen LogP contribution is -2.37. The molecule has 0 bridgehead atoms. The van der Waals surface area contributed by atoms with Gasteiger partial charge in [0.05, 0.1) is 16.1 Å². The fourth-order valence-corrected chi connectivity index (χ4v) is 4.80. The summed E-state index contributed by atoms with van der Waals surface area (Å²) in [5.74, 6) is -2.85. The minimum Gasteiger partial charge on any atom is -0.440 e. The van der Waals surface area contributed by atoms with Crippen LogP contribution in [0.4, 0.5) is 8.78 Å². The van der Waals surface area contributed by atoms with Crippen molar-refractivity contribution in [3.8, 4) is 11.5 Å². The van der Waals surface area contributed by atoms with E-state index in [0.29, 0.717) is 29.2 Å². The van der Waals surface area contributed by atoms with E-state index >= 15 is 4.39 Å². The van der Waals surface area contributed by atoms with E-state index in [4.69, 9.17) is 32.7 Å². The first-order valence-corrected chi connectivity index (χ1v) is 11.4. The van der Waals surface area contributed by atoms with Gasteiger partial charge in [0.15, 0.2) is 11.5 Å². The Morgan fingerprint density at radius 1 is 0.879 bits per heavy atom. The summed E-state index contributed by atoms with van der Waals surface area (Å²) in [7, 11) is 0. The third-order valence-corrected chi connectivity index (χ3v) is 6.47. The number of carbonyl (C=O) groups is 1. The van der Waals surface area contributed by atoms with Crippen LogP contribution in [0.25, 0.3) is 0 Å². The van der Waals surface area contributed by atoms with E-state index in [1.165, 1.54) is 36.4 Å². The molecule has 0 aliphatic carbocycles. The van der Waals surface area contributed by atoms with Gasteiger partial charge in [0.1, 0.15) is 11.6 Å². The average molecular weight is 490 g/mol. The van der Waals surface area contributed by atoms with Gasteiger partial charge in [-0.15, -0.1) is 0 Å². The van der Waals surface area contributed by atoms with E-state index in [-0.39, 0.29) is 28.0 Å². The number of amides is 1. The first kappa shape index (κ1) is 22.0. The Hall–Kier alpha value is -2.83. The molecule has 33 heavy (non-hydrogen) atoms. The Morgan fingerprint density at radius 3 is 2.21 bits per heavy atom. The molecular weight excluding hydrogens is 471 g/mol. The minimum absolute atomic E-state index is 0.0867. The lowest BCUT2D eigenvalue weighted by Gasteiger charge is -2.29. The molecule has 0 saturated carbocycles. The van der Waals surface area contributed by atoms with Crippen molar-refractivity contribution in [2.75, 3.05) is 13.1 Å². The van der Waals surface area contributed by atoms with Gasteiger partial charge in [-0.3, -0.25) is 4.79 Å². The molecule has 1 atom stereocenters. The molecule has 3 aromatic rings. The van der Waals surface area contributed by atoms with Gasteiger partial charge in [-0.05, 0) is 67.8 Å². The Bertz CT molecular complexity index is 1230. The number of nitrogens with zero attached hydrogens (tertiary/aromatic N) is 1. The Morgan fingerprint density at radius 2 is 1.55 bits per heavy atom. The van der Waals surface area contributed by atoms with Gasteiger partial charge in [-0.1, -0.05) is 23.2 Å². The average Bonchev–Trinajstić information content (AvgIpc) is 3.18. The molecule has 1 fully saturated rings. The standard InChI is InChI=1S/C25H19Cl2F2NO3/c26-16-6-9-19(20(27)12-16)25(15-4-7-17(28)8-5-15)32-22-13-18(21(29)14-23(22)33-25)24(31)30-10-2-1-3-11-30/h4-9,12-14H,1-3,10-11H2. The molecule has 0 spiro atoms. The highest BCUT2D eigenvalue weighted by Crippen LogP contribution is 2.50. The number of hydrogen-bond acceptors (Lipinski definition) is 3. The second kappa shape index (κ2) is 8.50. The van der Waals surface area contributed by atoms with Crippen LogP contribution in [-0.4, -0.2) is 23.9 Å². The summed E-state index contributed by atoms with van der Waals surface area (Å²) in [6.45, 7) is 1.18. The topological polar surface area (TPSA) is 38.8 Å². The maximum absolute atomic E-state index is 15.0. The fraction of sp³-hybridized carbons (Fsp3) is 0.240. The molecule has 0 aromatic heterocycles. The number of fused-ring (bicyclic) bond motifs is 1. The van der Waals surface area contributed by atoms with Gasteiger partial charge in [0.25, 0.3) is 5.91 Å². The zero-order chi connectivity index (χ0) is 23.2. The molecule has 5 rings (SSSR count). The zero-order valence-electron chi connectivity index (χ0n) is 17.4. The molecule has 1 unspecified atom stereocenters. The van der Waals surface area contributed by atoms with Crippen molar-refractivity contribution in [3.63, 3.8) is 0 Å². The van der Waals surface area contributed by atoms with Gasteiger partial charge in [-0.25, -0.2) is 8.78 Å². The number of carbonyl (C=O) groups excluding carboxylic acids is 1. The lowest BCUT2D eigenvalue weighted by atomic mass is 9.97. The second-order valence-corrected chi connectivity index (χ2v) is 8.93. The predicted molar refractivity (Wildman–Crippen MR) is 121 cm³/mol. The van der Waals surface area contributed by atoms with Gasteiger partial charge >= 0.3 is 5.79 Å². The minimum atomic E-state index is -1.61. The smallest absolute Gasteiger partial charge is 0.307 e. The summed E-state index contributed by atoms with van der Waals surface area (Å²) >= 11 is 12.6. The largest absolute Gasteiger partial charge is 0.440 e. The molecule has 2 heterocycles. The third kappa shape index (κ3) is 3.91. The third-order valence-electron chi connectivity index (χ3n) is 5.92. The first-order chi connectivity index (χ1) is 15.9. The van der Waals surface area contributed by atoms with Crippen molar-refractivity contribution in [1.82, 2.24) is 4.90 Å². The van der Waals surface area contributed by atoms with Crippen molar-refractivity contribution in [1.29, 1.82) is 0 Å². The lowest BCUT2D eigenvalue weighted by molar-refractivity contribution is -0.0459. The molecule has 3 aromatic carbocycles. The zero-order valence-corrected chi connectivity index (χ0v) is 18.9. The molecular formula is C25H19Cl2F2NO3. The van der Waals surface area contributed by atoms with Gasteiger partial charge < -0.3 is 14.4 Å². The number of benzene rings is 3. The molecule has 0 N–H and O–H groups in total. The van der Waals surface area contributed by atoms with Crippen LogP contribution in [0.5, 0.6) is 11.5 Å². The van der Waals surface area contributed by atoms with Crippen LogP contribution in [0, 0.1) is 11.6 Å².